The van der Waals surface area contributed by atoms with Crippen LogP contribution in [0, 0.1) is 0 Å². The van der Waals surface area contributed by atoms with Crippen LogP contribution in [0.5, 0.6) is 0 Å². The van der Waals surface area contributed by atoms with Gasteiger partial charge in [0.1, 0.15) is 0 Å². The lowest BCUT2D eigenvalue weighted by molar-refractivity contribution is 0.0978. The molecule has 0 fully saturated rings. The molecule has 0 saturated heterocycles. The lowest BCUT2D eigenvalue weighted by Crippen LogP contribution is -2.44. The summed E-state index contributed by atoms with van der Waals surface area (Å²) in [5, 5.41) is 0. The second-order valence-corrected chi connectivity index (χ2v) is 10.5. The maximum atomic E-state index is 12.7. The zero-order valence-electron chi connectivity index (χ0n) is 21.2. The predicted molar refractivity (Wildman–Crippen MR) is 145 cm³/mol. The van der Waals surface area contributed by atoms with Crippen LogP contribution >= 0.6 is 0 Å². The Balaban J connectivity index is 1.51. The minimum absolute atomic E-state index is 0.296. The monoisotopic (exact) mass is 508 g/mol. The average Bonchev–Trinajstić information content (AvgIpc) is 2.89. The Bertz CT molecular complexity index is 1170. The number of nitrogens with zero attached hydrogens (tertiary/aromatic N) is 1. The summed E-state index contributed by atoms with van der Waals surface area (Å²) < 4.78 is 34.9. The van der Waals surface area contributed by atoms with Gasteiger partial charge in [-0.2, -0.15) is 12.7 Å². The summed E-state index contributed by atoms with van der Waals surface area (Å²) in [6, 6.07) is 25.3. The second-order valence-electron chi connectivity index (χ2n) is 8.80. The van der Waals surface area contributed by atoms with Gasteiger partial charge in [-0.3, -0.25) is 4.79 Å². The number of unbranched alkanes of at least 4 members (excludes halogenated alkanes) is 2. The third kappa shape index (κ3) is 8.29. The fourth-order valence-corrected chi connectivity index (χ4v) is 4.94. The summed E-state index contributed by atoms with van der Waals surface area (Å²) >= 11 is 0. The molecule has 1 N–H and O–H groups in total. The maximum Gasteiger partial charge on any atom is 0.304 e. The van der Waals surface area contributed by atoms with E-state index in [4.69, 9.17) is 4.74 Å². The van der Waals surface area contributed by atoms with Gasteiger partial charge in [-0.1, -0.05) is 93.4 Å². The van der Waals surface area contributed by atoms with Gasteiger partial charge < -0.3 is 4.74 Å². The molecule has 0 unspecified atom stereocenters. The molecule has 0 spiro atoms. The first kappa shape index (κ1) is 27.6. The highest BCUT2D eigenvalue weighted by Gasteiger charge is 2.23. The number of ether oxygens (including phenoxy) is 1. The van der Waals surface area contributed by atoms with Gasteiger partial charge in [0.15, 0.2) is 0 Å². The van der Waals surface area contributed by atoms with E-state index >= 15 is 0 Å². The van der Waals surface area contributed by atoms with Crippen LogP contribution in [0.4, 0.5) is 0 Å². The standard InChI is InChI=1S/C29H36N2O4S/c1-3-5-20-31(21-6-4-2)36(33,34)30-29(32)28-18-14-25(15-19-28)23-35-22-24-12-16-27(17-13-24)26-10-8-7-9-11-26/h7-19H,3-6,20-23H2,1-2H3,(H,30,32). The molecule has 3 aromatic rings. The van der Waals surface area contributed by atoms with Crippen molar-refractivity contribution in [2.45, 2.75) is 52.7 Å². The van der Waals surface area contributed by atoms with Gasteiger partial charge in [0.2, 0.25) is 0 Å². The SMILES string of the molecule is CCCCN(CCCC)S(=O)(=O)NC(=O)c1ccc(COCc2ccc(-c3ccccc3)cc2)cc1. The highest BCUT2D eigenvalue weighted by molar-refractivity contribution is 7.87. The van der Waals surface area contributed by atoms with Crippen LogP contribution in [0.25, 0.3) is 11.1 Å². The summed E-state index contributed by atoms with van der Waals surface area (Å²) in [5.74, 6) is -0.626. The van der Waals surface area contributed by atoms with Crippen molar-refractivity contribution in [1.29, 1.82) is 0 Å². The summed E-state index contributed by atoms with van der Waals surface area (Å²) in [7, 11) is -3.88. The Morgan fingerprint density at radius 2 is 1.25 bits per heavy atom. The van der Waals surface area contributed by atoms with E-state index in [0.717, 1.165) is 42.4 Å². The van der Waals surface area contributed by atoms with E-state index in [0.29, 0.717) is 31.9 Å². The van der Waals surface area contributed by atoms with Crippen molar-refractivity contribution in [1.82, 2.24) is 9.03 Å². The smallest absolute Gasteiger partial charge is 0.304 e. The first-order valence-corrected chi connectivity index (χ1v) is 14.0. The fourth-order valence-electron chi connectivity index (χ4n) is 3.72. The molecule has 3 rings (SSSR count). The predicted octanol–water partition coefficient (Wildman–Crippen LogP) is 5.95. The van der Waals surface area contributed by atoms with E-state index in [-0.39, 0.29) is 0 Å². The van der Waals surface area contributed by atoms with Crippen molar-refractivity contribution in [3.63, 3.8) is 0 Å². The van der Waals surface area contributed by atoms with Crippen LogP contribution in [-0.2, 0) is 28.2 Å². The first-order chi connectivity index (χ1) is 17.4. The van der Waals surface area contributed by atoms with E-state index in [1.807, 2.05) is 32.0 Å². The molecule has 6 nitrogen and oxygen atoms in total. The molecule has 0 aromatic heterocycles. The Kier molecular flexibility index (Phi) is 10.7. The molecule has 192 valence electrons. The number of hydrogen-bond acceptors (Lipinski definition) is 4. The van der Waals surface area contributed by atoms with Crippen LogP contribution in [0.2, 0.25) is 0 Å². The van der Waals surface area contributed by atoms with E-state index in [1.54, 1.807) is 24.3 Å². The average molecular weight is 509 g/mol. The van der Waals surface area contributed by atoms with Crippen molar-refractivity contribution < 1.29 is 17.9 Å². The molecule has 0 aliphatic heterocycles. The summed E-state index contributed by atoms with van der Waals surface area (Å²) in [5.41, 5.74) is 4.62. The van der Waals surface area contributed by atoms with Gasteiger partial charge in [-0.25, -0.2) is 4.72 Å². The summed E-state index contributed by atoms with van der Waals surface area (Å²) in [6.07, 6.45) is 3.28. The molecule has 0 aliphatic carbocycles. The first-order valence-electron chi connectivity index (χ1n) is 12.6. The molecular formula is C29H36N2O4S. The Morgan fingerprint density at radius 1 is 0.750 bits per heavy atom. The van der Waals surface area contributed by atoms with Gasteiger partial charge in [0.05, 0.1) is 13.2 Å². The van der Waals surface area contributed by atoms with Crippen LogP contribution in [0.15, 0.2) is 78.9 Å². The lowest BCUT2D eigenvalue weighted by Gasteiger charge is -2.22. The third-order valence-electron chi connectivity index (χ3n) is 5.90. The molecular weight excluding hydrogens is 472 g/mol. The van der Waals surface area contributed by atoms with E-state index in [1.165, 1.54) is 9.87 Å². The summed E-state index contributed by atoms with van der Waals surface area (Å²) in [4.78, 5) is 12.6. The molecule has 7 heteroatoms. The topological polar surface area (TPSA) is 75.7 Å². The number of rotatable bonds is 14. The summed E-state index contributed by atoms with van der Waals surface area (Å²) in [6.45, 7) is 5.70. The Labute approximate surface area is 215 Å². The van der Waals surface area contributed by atoms with Gasteiger partial charge in [0.25, 0.3) is 5.91 Å². The van der Waals surface area contributed by atoms with Gasteiger partial charge >= 0.3 is 10.2 Å². The molecule has 0 radical (unpaired) electrons. The van der Waals surface area contributed by atoms with Crippen LogP contribution in [0.3, 0.4) is 0 Å². The van der Waals surface area contributed by atoms with Crippen LogP contribution in [0.1, 0.15) is 61.0 Å². The molecule has 1 amide bonds. The molecule has 0 bridgehead atoms. The fraction of sp³-hybridized carbons (Fsp3) is 0.345. The number of hydrogen-bond donors (Lipinski definition) is 1. The molecule has 0 saturated carbocycles. The quantitative estimate of drug-likeness (QED) is 0.292. The maximum absolute atomic E-state index is 12.7. The highest BCUT2D eigenvalue weighted by atomic mass is 32.2. The zero-order valence-corrected chi connectivity index (χ0v) is 22.0. The van der Waals surface area contributed by atoms with Crippen molar-refractivity contribution in [2.24, 2.45) is 0 Å². The molecule has 0 aliphatic rings. The van der Waals surface area contributed by atoms with Gasteiger partial charge in [0, 0.05) is 18.7 Å². The van der Waals surface area contributed by atoms with Crippen molar-refractivity contribution in [2.75, 3.05) is 13.1 Å². The van der Waals surface area contributed by atoms with Gasteiger partial charge in [-0.15, -0.1) is 0 Å². The lowest BCUT2D eigenvalue weighted by atomic mass is 10.0. The van der Waals surface area contributed by atoms with Crippen molar-refractivity contribution in [3.8, 4) is 11.1 Å². The third-order valence-corrected chi connectivity index (χ3v) is 7.39. The largest absolute Gasteiger partial charge is 0.372 e. The Morgan fingerprint density at radius 3 is 1.78 bits per heavy atom. The molecule has 0 atom stereocenters. The second kappa shape index (κ2) is 13.9. The van der Waals surface area contributed by atoms with Crippen LogP contribution < -0.4 is 4.72 Å². The molecule has 0 heterocycles. The minimum atomic E-state index is -3.88. The number of carbonyl (C=O) groups excluding carboxylic acids is 1. The van der Waals surface area contributed by atoms with Crippen molar-refractivity contribution in [3.05, 3.63) is 95.6 Å². The number of amides is 1. The number of carbonyl (C=O) groups is 1. The van der Waals surface area contributed by atoms with Gasteiger partial charge in [-0.05, 0) is 47.2 Å². The van der Waals surface area contributed by atoms with E-state index in [9.17, 15) is 13.2 Å². The minimum Gasteiger partial charge on any atom is -0.372 e. The van der Waals surface area contributed by atoms with E-state index in [2.05, 4.69) is 41.1 Å². The molecule has 3 aromatic carbocycles. The Hall–Kier alpha value is -3.00. The highest BCUT2D eigenvalue weighted by Crippen LogP contribution is 2.19. The van der Waals surface area contributed by atoms with Crippen LogP contribution in [-0.4, -0.2) is 31.7 Å². The van der Waals surface area contributed by atoms with E-state index < -0.39 is 16.1 Å². The number of nitrogens with one attached hydrogen (secondary N) is 1. The molecule has 36 heavy (non-hydrogen) atoms. The van der Waals surface area contributed by atoms with Crippen molar-refractivity contribution >= 4 is 16.1 Å². The normalized spacial score (nSPS) is 11.5. The number of benzene rings is 3. The zero-order chi connectivity index (χ0) is 25.8.